The third-order valence-corrected chi connectivity index (χ3v) is 3.99. The molecule has 25 heavy (non-hydrogen) atoms. The van der Waals surface area contributed by atoms with Crippen molar-refractivity contribution in [1.82, 2.24) is 14.8 Å². The zero-order valence-electron chi connectivity index (χ0n) is 14.9. The standard InChI is InChI=1S/C19H22N4O2/c1-19(2,3)16-7-8-17(22-21-16)20-18(24)12-23-10-9-13-11-14(25-4)5-6-15(13)23/h5-11H,12H2,1-4H3,(H,20,22,24). The zero-order valence-corrected chi connectivity index (χ0v) is 14.9. The Labute approximate surface area is 146 Å². The van der Waals surface area contributed by atoms with E-state index in [1.54, 1.807) is 13.2 Å². The van der Waals surface area contributed by atoms with Gasteiger partial charge >= 0.3 is 0 Å². The number of ether oxygens (including phenoxy) is 1. The lowest BCUT2D eigenvalue weighted by Gasteiger charge is -2.16. The number of carbonyl (C=O) groups excluding carboxylic acids is 1. The van der Waals surface area contributed by atoms with E-state index in [1.165, 1.54) is 0 Å². The van der Waals surface area contributed by atoms with Gasteiger partial charge in [0.05, 0.1) is 12.8 Å². The van der Waals surface area contributed by atoms with Crippen LogP contribution in [0, 0.1) is 0 Å². The van der Waals surface area contributed by atoms with Crippen LogP contribution in [0.15, 0.2) is 42.6 Å². The van der Waals surface area contributed by atoms with Gasteiger partial charge in [0.15, 0.2) is 5.82 Å². The normalized spacial score (nSPS) is 11.5. The first-order valence-electron chi connectivity index (χ1n) is 8.14. The minimum absolute atomic E-state index is 0.0688. The minimum Gasteiger partial charge on any atom is -0.497 e. The SMILES string of the molecule is COc1ccc2c(ccn2CC(=O)Nc2ccc(C(C)(C)C)nn2)c1. The third-order valence-electron chi connectivity index (χ3n) is 3.99. The van der Waals surface area contributed by atoms with E-state index in [0.29, 0.717) is 5.82 Å². The molecule has 130 valence electrons. The van der Waals surface area contributed by atoms with Crippen LogP contribution in [0.2, 0.25) is 0 Å². The number of nitrogens with one attached hydrogen (secondary N) is 1. The van der Waals surface area contributed by atoms with Crippen LogP contribution in [0.1, 0.15) is 26.5 Å². The average Bonchev–Trinajstić information content (AvgIpc) is 2.96. The molecule has 0 radical (unpaired) electrons. The zero-order chi connectivity index (χ0) is 18.0. The molecule has 6 nitrogen and oxygen atoms in total. The van der Waals surface area contributed by atoms with Crippen molar-refractivity contribution in [2.24, 2.45) is 0 Å². The van der Waals surface area contributed by atoms with Crippen molar-refractivity contribution < 1.29 is 9.53 Å². The molecule has 1 aromatic carbocycles. The van der Waals surface area contributed by atoms with Crippen LogP contribution < -0.4 is 10.1 Å². The van der Waals surface area contributed by atoms with Crippen LogP contribution in [0.3, 0.4) is 0 Å². The van der Waals surface area contributed by atoms with Crippen molar-refractivity contribution >= 4 is 22.6 Å². The molecule has 0 spiro atoms. The number of hydrogen-bond acceptors (Lipinski definition) is 4. The van der Waals surface area contributed by atoms with Gasteiger partial charge in [0, 0.05) is 22.5 Å². The Kier molecular flexibility index (Phi) is 4.44. The maximum absolute atomic E-state index is 12.3. The van der Waals surface area contributed by atoms with E-state index in [2.05, 4.69) is 36.3 Å². The Bertz CT molecular complexity index is 892. The minimum atomic E-state index is -0.147. The first-order valence-corrected chi connectivity index (χ1v) is 8.14. The monoisotopic (exact) mass is 338 g/mol. The molecule has 1 amide bonds. The number of rotatable bonds is 4. The van der Waals surface area contributed by atoms with Crippen LogP contribution in [0.5, 0.6) is 5.75 Å². The number of methoxy groups -OCH3 is 1. The Morgan fingerprint density at radius 1 is 1.16 bits per heavy atom. The molecule has 0 fully saturated rings. The first-order chi connectivity index (χ1) is 11.9. The number of fused-ring (bicyclic) bond motifs is 1. The number of hydrogen-bond donors (Lipinski definition) is 1. The van der Waals surface area contributed by atoms with Gasteiger partial charge in [0.25, 0.3) is 0 Å². The van der Waals surface area contributed by atoms with E-state index in [4.69, 9.17) is 4.74 Å². The summed E-state index contributed by atoms with van der Waals surface area (Å²) in [7, 11) is 1.64. The molecule has 0 atom stereocenters. The lowest BCUT2D eigenvalue weighted by molar-refractivity contribution is -0.116. The molecule has 1 N–H and O–H groups in total. The molecule has 0 unspecified atom stereocenters. The fraction of sp³-hybridized carbons (Fsp3) is 0.316. The number of nitrogens with zero attached hydrogens (tertiary/aromatic N) is 3. The van der Waals surface area contributed by atoms with Crippen LogP contribution in [0.25, 0.3) is 10.9 Å². The smallest absolute Gasteiger partial charge is 0.245 e. The molecule has 3 rings (SSSR count). The molecule has 0 aliphatic rings. The summed E-state index contributed by atoms with van der Waals surface area (Å²) in [6.07, 6.45) is 1.89. The topological polar surface area (TPSA) is 69.0 Å². The number of anilines is 1. The number of benzene rings is 1. The first kappa shape index (κ1) is 17.0. The summed E-state index contributed by atoms with van der Waals surface area (Å²) in [5, 5.41) is 12.1. The Morgan fingerprint density at radius 3 is 2.60 bits per heavy atom. The highest BCUT2D eigenvalue weighted by molar-refractivity contribution is 5.91. The maximum Gasteiger partial charge on any atom is 0.245 e. The van der Waals surface area contributed by atoms with Crippen molar-refractivity contribution in [2.75, 3.05) is 12.4 Å². The Morgan fingerprint density at radius 2 is 1.96 bits per heavy atom. The molecule has 2 heterocycles. The fourth-order valence-corrected chi connectivity index (χ4v) is 2.58. The lowest BCUT2D eigenvalue weighted by Crippen LogP contribution is -2.20. The second-order valence-electron chi connectivity index (χ2n) is 6.97. The molecule has 3 aromatic rings. The maximum atomic E-state index is 12.3. The molecule has 6 heteroatoms. The highest BCUT2D eigenvalue weighted by Gasteiger charge is 2.16. The molecule has 0 saturated heterocycles. The van der Waals surface area contributed by atoms with Crippen molar-refractivity contribution in [1.29, 1.82) is 0 Å². The summed E-state index contributed by atoms with van der Waals surface area (Å²) >= 11 is 0. The van der Waals surface area contributed by atoms with Gasteiger partial charge in [0.2, 0.25) is 5.91 Å². The Balaban J connectivity index is 1.70. The van der Waals surface area contributed by atoms with Crippen LogP contribution in [-0.2, 0) is 16.8 Å². The lowest BCUT2D eigenvalue weighted by atomic mass is 9.92. The molecular weight excluding hydrogens is 316 g/mol. The van der Waals surface area contributed by atoms with Gasteiger partial charge in [-0.3, -0.25) is 4.79 Å². The molecule has 2 aromatic heterocycles. The summed E-state index contributed by atoms with van der Waals surface area (Å²) in [5.41, 5.74) is 1.79. The average molecular weight is 338 g/mol. The van der Waals surface area contributed by atoms with Crippen molar-refractivity contribution in [3.8, 4) is 5.75 Å². The third kappa shape index (κ3) is 3.79. The largest absolute Gasteiger partial charge is 0.497 e. The van der Waals surface area contributed by atoms with Gasteiger partial charge in [-0.05, 0) is 36.4 Å². The van der Waals surface area contributed by atoms with E-state index < -0.39 is 0 Å². The Hall–Kier alpha value is -2.89. The predicted molar refractivity (Wildman–Crippen MR) is 97.9 cm³/mol. The van der Waals surface area contributed by atoms with E-state index in [1.807, 2.05) is 41.1 Å². The van der Waals surface area contributed by atoms with Gasteiger partial charge < -0.3 is 14.6 Å². The summed E-state index contributed by atoms with van der Waals surface area (Å²) in [6.45, 7) is 6.42. The number of amides is 1. The van der Waals surface area contributed by atoms with Gasteiger partial charge in [-0.2, -0.15) is 5.10 Å². The van der Waals surface area contributed by atoms with Crippen molar-refractivity contribution in [2.45, 2.75) is 32.7 Å². The molecule has 0 saturated carbocycles. The van der Waals surface area contributed by atoms with Crippen molar-refractivity contribution in [3.63, 3.8) is 0 Å². The molecule has 0 aliphatic carbocycles. The van der Waals surface area contributed by atoms with E-state index >= 15 is 0 Å². The van der Waals surface area contributed by atoms with Crippen molar-refractivity contribution in [3.05, 3.63) is 48.3 Å². The van der Waals surface area contributed by atoms with E-state index in [9.17, 15) is 4.79 Å². The van der Waals surface area contributed by atoms with Crippen LogP contribution >= 0.6 is 0 Å². The van der Waals surface area contributed by atoms with E-state index in [0.717, 1.165) is 22.3 Å². The van der Waals surface area contributed by atoms with Gasteiger partial charge in [-0.25, -0.2) is 0 Å². The molecule has 0 aliphatic heterocycles. The summed E-state index contributed by atoms with van der Waals surface area (Å²) < 4.78 is 7.11. The summed E-state index contributed by atoms with van der Waals surface area (Å²) in [5.74, 6) is 1.10. The highest BCUT2D eigenvalue weighted by Crippen LogP contribution is 2.22. The quantitative estimate of drug-likeness (QED) is 0.792. The van der Waals surface area contributed by atoms with Gasteiger partial charge in [-0.15, -0.1) is 5.10 Å². The fourth-order valence-electron chi connectivity index (χ4n) is 2.58. The van der Waals surface area contributed by atoms with E-state index in [-0.39, 0.29) is 17.9 Å². The van der Waals surface area contributed by atoms with Crippen LogP contribution in [-0.4, -0.2) is 27.8 Å². The van der Waals surface area contributed by atoms with Gasteiger partial charge in [0.1, 0.15) is 12.3 Å². The predicted octanol–water partition coefficient (Wildman–Crippen LogP) is 3.38. The summed E-state index contributed by atoms with van der Waals surface area (Å²) in [4.78, 5) is 12.3. The second kappa shape index (κ2) is 6.55. The summed E-state index contributed by atoms with van der Waals surface area (Å²) in [6, 6.07) is 11.4. The van der Waals surface area contributed by atoms with Gasteiger partial charge in [-0.1, -0.05) is 20.8 Å². The number of aromatic nitrogens is 3. The molecular formula is C19H22N4O2. The van der Waals surface area contributed by atoms with Crippen LogP contribution in [0.4, 0.5) is 5.82 Å². The molecule has 0 bridgehead atoms. The second-order valence-corrected chi connectivity index (χ2v) is 6.97. The highest BCUT2D eigenvalue weighted by atomic mass is 16.5. The number of carbonyl (C=O) groups is 1.